The molecule has 2 rings (SSSR count). The minimum atomic E-state index is 0.160. The lowest BCUT2D eigenvalue weighted by molar-refractivity contribution is 0.391. The van der Waals surface area contributed by atoms with E-state index in [1.807, 2.05) is 18.2 Å². The molecular weight excluding hydrogens is 275 g/mol. The van der Waals surface area contributed by atoms with E-state index in [4.69, 9.17) is 33.5 Å². The Balaban J connectivity index is 2.44. The van der Waals surface area contributed by atoms with E-state index in [2.05, 4.69) is 15.1 Å². The van der Waals surface area contributed by atoms with Crippen LogP contribution in [0.1, 0.15) is 5.89 Å². The van der Waals surface area contributed by atoms with Crippen LogP contribution in [0.2, 0.25) is 0 Å². The highest BCUT2D eigenvalue weighted by Crippen LogP contribution is 2.28. The van der Waals surface area contributed by atoms with Gasteiger partial charge in [0.1, 0.15) is 11.7 Å². The molecule has 2 aromatic rings. The van der Waals surface area contributed by atoms with E-state index < -0.39 is 0 Å². The number of amidine groups is 1. The SMILES string of the molecule is NC(CCl)=Nc1ccccc1-c1noc(CCl)n1. The molecule has 0 aliphatic rings. The molecule has 0 unspecified atom stereocenters. The molecule has 0 aliphatic heterocycles. The molecule has 0 saturated carbocycles. The third-order valence-corrected chi connectivity index (χ3v) is 2.63. The Hall–Kier alpha value is -1.59. The van der Waals surface area contributed by atoms with Crippen LogP contribution in [-0.4, -0.2) is 21.9 Å². The van der Waals surface area contributed by atoms with Crippen LogP contribution in [0.15, 0.2) is 33.8 Å². The smallest absolute Gasteiger partial charge is 0.241 e. The van der Waals surface area contributed by atoms with E-state index in [-0.39, 0.29) is 11.8 Å². The molecule has 1 aromatic carbocycles. The van der Waals surface area contributed by atoms with Gasteiger partial charge in [0.2, 0.25) is 11.7 Å². The van der Waals surface area contributed by atoms with E-state index in [1.54, 1.807) is 6.07 Å². The third-order valence-electron chi connectivity index (χ3n) is 2.13. The number of rotatable bonds is 4. The molecule has 0 radical (unpaired) electrons. The molecule has 18 heavy (non-hydrogen) atoms. The summed E-state index contributed by atoms with van der Waals surface area (Å²) in [5.41, 5.74) is 6.97. The average molecular weight is 285 g/mol. The van der Waals surface area contributed by atoms with Gasteiger partial charge in [0.25, 0.3) is 0 Å². The Bertz CT molecular complexity index is 568. The van der Waals surface area contributed by atoms with Crippen LogP contribution >= 0.6 is 23.2 Å². The fourth-order valence-electron chi connectivity index (χ4n) is 1.36. The van der Waals surface area contributed by atoms with E-state index in [9.17, 15) is 0 Å². The third kappa shape index (κ3) is 2.80. The van der Waals surface area contributed by atoms with Crippen molar-refractivity contribution in [3.63, 3.8) is 0 Å². The summed E-state index contributed by atoms with van der Waals surface area (Å²) in [6, 6.07) is 7.31. The van der Waals surface area contributed by atoms with Gasteiger partial charge >= 0.3 is 0 Å². The van der Waals surface area contributed by atoms with Crippen LogP contribution in [0.3, 0.4) is 0 Å². The first-order chi connectivity index (χ1) is 8.74. The number of hydrogen-bond acceptors (Lipinski definition) is 4. The zero-order valence-corrected chi connectivity index (χ0v) is 10.8. The second kappa shape index (κ2) is 5.84. The van der Waals surface area contributed by atoms with Crippen molar-refractivity contribution in [2.24, 2.45) is 10.7 Å². The van der Waals surface area contributed by atoms with Gasteiger partial charge in [-0.15, -0.1) is 23.2 Å². The monoisotopic (exact) mass is 284 g/mol. The number of nitrogens with two attached hydrogens (primary N) is 1. The Kier molecular flexibility index (Phi) is 4.17. The van der Waals surface area contributed by atoms with Crippen molar-refractivity contribution in [1.29, 1.82) is 0 Å². The molecule has 5 nitrogen and oxygen atoms in total. The van der Waals surface area contributed by atoms with Gasteiger partial charge in [0, 0.05) is 5.56 Å². The molecule has 0 saturated heterocycles. The Morgan fingerprint density at radius 1 is 1.33 bits per heavy atom. The van der Waals surface area contributed by atoms with E-state index in [0.717, 1.165) is 0 Å². The maximum atomic E-state index is 5.62. The molecule has 0 bridgehead atoms. The second-order valence-corrected chi connectivity index (χ2v) is 3.93. The van der Waals surface area contributed by atoms with Gasteiger partial charge in [-0.3, -0.25) is 0 Å². The maximum Gasteiger partial charge on any atom is 0.241 e. The predicted molar refractivity (Wildman–Crippen MR) is 71.3 cm³/mol. The molecule has 1 heterocycles. The van der Waals surface area contributed by atoms with Crippen molar-refractivity contribution in [3.05, 3.63) is 30.2 Å². The number of aliphatic imine (C=N–C) groups is 1. The summed E-state index contributed by atoms with van der Waals surface area (Å²) >= 11 is 11.2. The van der Waals surface area contributed by atoms with Gasteiger partial charge in [0.05, 0.1) is 11.6 Å². The summed E-state index contributed by atoms with van der Waals surface area (Å²) in [6.07, 6.45) is 0. The minimum absolute atomic E-state index is 0.160. The van der Waals surface area contributed by atoms with Crippen LogP contribution < -0.4 is 5.73 Å². The summed E-state index contributed by atoms with van der Waals surface area (Å²) in [7, 11) is 0. The molecule has 94 valence electrons. The molecule has 7 heteroatoms. The highest BCUT2D eigenvalue weighted by molar-refractivity contribution is 6.28. The Labute approximate surface area is 114 Å². The number of halogens is 2. The van der Waals surface area contributed by atoms with E-state index in [1.165, 1.54) is 0 Å². The molecule has 0 fully saturated rings. The lowest BCUT2D eigenvalue weighted by Gasteiger charge is -2.01. The van der Waals surface area contributed by atoms with Crippen LogP contribution in [0.5, 0.6) is 0 Å². The van der Waals surface area contributed by atoms with Crippen LogP contribution in [0.4, 0.5) is 5.69 Å². The van der Waals surface area contributed by atoms with E-state index >= 15 is 0 Å². The first-order valence-corrected chi connectivity index (χ1v) is 6.18. The van der Waals surface area contributed by atoms with Crippen LogP contribution in [-0.2, 0) is 5.88 Å². The molecule has 0 aliphatic carbocycles. The first kappa shape index (κ1) is 12.9. The van der Waals surface area contributed by atoms with Crippen molar-refractivity contribution in [2.75, 3.05) is 5.88 Å². The number of alkyl halides is 2. The van der Waals surface area contributed by atoms with Crippen molar-refractivity contribution in [3.8, 4) is 11.4 Å². The van der Waals surface area contributed by atoms with Crippen molar-refractivity contribution >= 4 is 34.7 Å². The molecular formula is C11H10Cl2N4O. The fraction of sp³-hybridized carbons (Fsp3) is 0.182. The highest BCUT2D eigenvalue weighted by Gasteiger charge is 2.11. The van der Waals surface area contributed by atoms with Gasteiger partial charge in [-0.2, -0.15) is 4.98 Å². The largest absolute Gasteiger partial charge is 0.386 e. The van der Waals surface area contributed by atoms with Gasteiger partial charge in [-0.1, -0.05) is 17.3 Å². The molecule has 0 spiro atoms. The molecule has 2 N–H and O–H groups in total. The van der Waals surface area contributed by atoms with E-state index in [0.29, 0.717) is 28.8 Å². The number of aromatic nitrogens is 2. The topological polar surface area (TPSA) is 77.3 Å². The van der Waals surface area contributed by atoms with Crippen molar-refractivity contribution in [2.45, 2.75) is 5.88 Å². The summed E-state index contributed by atoms with van der Waals surface area (Å²) in [5.74, 6) is 1.43. The molecule has 1 aromatic heterocycles. The number of benzene rings is 1. The zero-order chi connectivity index (χ0) is 13.0. The first-order valence-electron chi connectivity index (χ1n) is 5.11. The summed E-state index contributed by atoms with van der Waals surface area (Å²) in [5, 5.41) is 3.84. The molecule has 0 amide bonds. The van der Waals surface area contributed by atoms with Gasteiger partial charge in [-0.25, -0.2) is 4.99 Å². The number of para-hydroxylation sites is 1. The maximum absolute atomic E-state index is 5.62. The quantitative estimate of drug-likeness (QED) is 0.532. The number of hydrogen-bond donors (Lipinski definition) is 1. The Morgan fingerprint density at radius 2 is 2.11 bits per heavy atom. The van der Waals surface area contributed by atoms with Gasteiger partial charge in [-0.05, 0) is 12.1 Å². The van der Waals surface area contributed by atoms with Crippen LogP contribution in [0, 0.1) is 0 Å². The average Bonchev–Trinajstić information content (AvgIpc) is 2.88. The molecule has 0 atom stereocenters. The predicted octanol–water partition coefficient (Wildman–Crippen LogP) is 2.70. The Morgan fingerprint density at radius 3 is 2.78 bits per heavy atom. The summed E-state index contributed by atoms with van der Waals surface area (Å²) < 4.78 is 4.96. The minimum Gasteiger partial charge on any atom is -0.386 e. The lowest BCUT2D eigenvalue weighted by Crippen LogP contribution is -2.12. The normalized spacial score (nSPS) is 11.8. The summed E-state index contributed by atoms with van der Waals surface area (Å²) in [6.45, 7) is 0. The van der Waals surface area contributed by atoms with Crippen molar-refractivity contribution < 1.29 is 4.52 Å². The zero-order valence-electron chi connectivity index (χ0n) is 9.31. The summed E-state index contributed by atoms with van der Waals surface area (Å²) in [4.78, 5) is 8.34. The number of nitrogens with zero attached hydrogens (tertiary/aromatic N) is 3. The van der Waals surface area contributed by atoms with Crippen LogP contribution in [0.25, 0.3) is 11.4 Å². The fourth-order valence-corrected chi connectivity index (χ4v) is 1.53. The highest BCUT2D eigenvalue weighted by atomic mass is 35.5. The van der Waals surface area contributed by atoms with Crippen molar-refractivity contribution in [1.82, 2.24) is 10.1 Å². The standard InChI is InChI=1S/C11H10Cl2N4O/c12-5-9(14)15-8-4-2-1-3-7(8)11-16-10(6-13)18-17-11/h1-4H,5-6H2,(H2,14,15). The lowest BCUT2D eigenvalue weighted by atomic mass is 10.1. The second-order valence-electron chi connectivity index (χ2n) is 3.40. The van der Waals surface area contributed by atoms with Gasteiger partial charge in [0.15, 0.2) is 0 Å². The van der Waals surface area contributed by atoms with Gasteiger partial charge < -0.3 is 10.3 Å².